The number of nitrogens with zero attached hydrogens (tertiary/aromatic N) is 4. The van der Waals surface area contributed by atoms with Gasteiger partial charge < -0.3 is 30.1 Å². The molecule has 3 rings (SSSR count). The number of carbonyl (C=O) groups is 1. The van der Waals surface area contributed by atoms with Crippen LogP contribution in [0.15, 0.2) is 22.7 Å². The first kappa shape index (κ1) is 23.1. The van der Waals surface area contributed by atoms with Crippen molar-refractivity contribution in [2.45, 2.75) is 26.9 Å². The number of aliphatic hydroxyl groups is 2. The van der Waals surface area contributed by atoms with Gasteiger partial charge in [-0.05, 0) is 50.1 Å². The third-order valence-corrected chi connectivity index (χ3v) is 4.54. The zero-order valence-corrected chi connectivity index (χ0v) is 18.3. The van der Waals surface area contributed by atoms with Crippen LogP contribution >= 0.6 is 0 Å². The normalized spacial score (nSPS) is 11.8. The van der Waals surface area contributed by atoms with Crippen LogP contribution in [0.3, 0.4) is 0 Å². The van der Waals surface area contributed by atoms with Crippen molar-refractivity contribution in [2.24, 2.45) is 0 Å². The van der Waals surface area contributed by atoms with Crippen molar-refractivity contribution in [1.82, 2.24) is 25.4 Å². The molecule has 0 fully saturated rings. The SMILES string of the molecule is CNc1nc(C)cc(-c2nc(-c3cc(C)c(OC[C@@H](O)CNC(=O)CO)c(C)c3)no2)n1. The lowest BCUT2D eigenvalue weighted by Crippen LogP contribution is -2.36. The Hall–Kier alpha value is -3.57. The Morgan fingerprint density at radius 1 is 1.16 bits per heavy atom. The second-order valence-corrected chi connectivity index (χ2v) is 7.26. The molecule has 0 aliphatic rings. The average Bonchev–Trinajstić information content (AvgIpc) is 3.26. The van der Waals surface area contributed by atoms with Crippen LogP contribution < -0.4 is 15.4 Å². The number of hydrogen-bond donors (Lipinski definition) is 4. The summed E-state index contributed by atoms with van der Waals surface area (Å²) in [6.07, 6.45) is -0.914. The van der Waals surface area contributed by atoms with E-state index in [2.05, 4.69) is 30.7 Å². The molecule has 3 aromatic rings. The number of benzene rings is 1. The molecule has 32 heavy (non-hydrogen) atoms. The van der Waals surface area contributed by atoms with Crippen LogP contribution in [0.5, 0.6) is 5.75 Å². The monoisotopic (exact) mass is 442 g/mol. The molecule has 0 aliphatic carbocycles. The molecule has 0 spiro atoms. The van der Waals surface area contributed by atoms with Gasteiger partial charge in [0.2, 0.25) is 17.7 Å². The van der Waals surface area contributed by atoms with E-state index in [1.54, 1.807) is 13.1 Å². The van der Waals surface area contributed by atoms with Gasteiger partial charge in [0.1, 0.15) is 30.8 Å². The predicted octanol–water partition coefficient (Wildman–Crippen LogP) is 1.01. The van der Waals surface area contributed by atoms with Gasteiger partial charge in [-0.2, -0.15) is 4.98 Å². The molecular weight excluding hydrogens is 416 g/mol. The smallest absolute Gasteiger partial charge is 0.277 e. The first-order valence-corrected chi connectivity index (χ1v) is 9.98. The number of aromatic nitrogens is 4. The molecule has 0 saturated heterocycles. The van der Waals surface area contributed by atoms with Crippen LogP contribution in [0.4, 0.5) is 5.95 Å². The summed E-state index contributed by atoms with van der Waals surface area (Å²) in [4.78, 5) is 24.1. The standard InChI is InChI=1S/C21H26N6O5/c1-11-5-14(6-12(2)18(11)31-10-15(29)8-23-17(30)9-28)19-26-20(32-27-19)16-7-13(3)24-21(22-4)25-16/h5-7,15,28-29H,8-10H2,1-4H3,(H,23,30)(H,22,24,25)/t15-/m0/s1. The van der Waals surface area contributed by atoms with E-state index >= 15 is 0 Å². The van der Waals surface area contributed by atoms with E-state index in [1.165, 1.54) is 0 Å². The fourth-order valence-corrected chi connectivity index (χ4v) is 3.07. The van der Waals surface area contributed by atoms with Gasteiger partial charge in [-0.1, -0.05) is 5.16 Å². The lowest BCUT2D eigenvalue weighted by Gasteiger charge is -2.16. The maximum absolute atomic E-state index is 11.1. The van der Waals surface area contributed by atoms with Gasteiger partial charge in [0.05, 0.1) is 0 Å². The second kappa shape index (κ2) is 10.2. The third kappa shape index (κ3) is 5.56. The molecule has 11 heteroatoms. The number of amides is 1. The Morgan fingerprint density at radius 3 is 2.53 bits per heavy atom. The molecule has 0 saturated carbocycles. The predicted molar refractivity (Wildman–Crippen MR) is 116 cm³/mol. The number of ether oxygens (including phenoxy) is 1. The molecule has 0 bridgehead atoms. The number of rotatable bonds is 9. The highest BCUT2D eigenvalue weighted by molar-refractivity contribution is 5.76. The first-order chi connectivity index (χ1) is 15.3. The Morgan fingerprint density at radius 2 is 1.88 bits per heavy atom. The highest BCUT2D eigenvalue weighted by Gasteiger charge is 2.17. The Bertz CT molecular complexity index is 1080. The van der Waals surface area contributed by atoms with Crippen molar-refractivity contribution in [1.29, 1.82) is 0 Å². The molecule has 11 nitrogen and oxygen atoms in total. The zero-order valence-electron chi connectivity index (χ0n) is 18.3. The van der Waals surface area contributed by atoms with Crippen molar-refractivity contribution in [3.05, 3.63) is 35.0 Å². The van der Waals surface area contributed by atoms with E-state index in [0.29, 0.717) is 23.2 Å². The van der Waals surface area contributed by atoms with Crippen LogP contribution in [0, 0.1) is 20.8 Å². The topological polar surface area (TPSA) is 156 Å². The molecule has 1 amide bonds. The molecule has 2 heterocycles. The summed E-state index contributed by atoms with van der Waals surface area (Å²) in [5, 5.41) is 28.0. The number of aryl methyl sites for hydroxylation is 3. The van der Waals surface area contributed by atoms with E-state index in [1.807, 2.05) is 32.9 Å². The van der Waals surface area contributed by atoms with Crippen LogP contribution in [0.1, 0.15) is 16.8 Å². The molecule has 1 atom stereocenters. The molecule has 0 aliphatic heterocycles. The van der Waals surface area contributed by atoms with Gasteiger partial charge in [0, 0.05) is 24.8 Å². The molecule has 4 N–H and O–H groups in total. The lowest BCUT2D eigenvalue weighted by atomic mass is 10.1. The van der Waals surface area contributed by atoms with Gasteiger partial charge in [0.15, 0.2) is 0 Å². The quantitative estimate of drug-likeness (QED) is 0.377. The molecule has 2 aromatic heterocycles. The summed E-state index contributed by atoms with van der Waals surface area (Å²) >= 11 is 0. The summed E-state index contributed by atoms with van der Waals surface area (Å²) < 4.78 is 11.2. The van der Waals surface area contributed by atoms with E-state index in [4.69, 9.17) is 14.4 Å². The number of carbonyl (C=O) groups excluding carboxylic acids is 1. The molecular formula is C21H26N6O5. The van der Waals surface area contributed by atoms with Crippen molar-refractivity contribution in [2.75, 3.05) is 32.1 Å². The van der Waals surface area contributed by atoms with Crippen LogP contribution in [-0.4, -0.2) is 69.1 Å². The third-order valence-electron chi connectivity index (χ3n) is 4.54. The summed E-state index contributed by atoms with van der Waals surface area (Å²) in [7, 11) is 1.73. The minimum atomic E-state index is -0.914. The summed E-state index contributed by atoms with van der Waals surface area (Å²) in [5.41, 5.74) is 3.70. The first-order valence-electron chi connectivity index (χ1n) is 9.98. The average molecular weight is 442 g/mol. The zero-order chi connectivity index (χ0) is 23.3. The van der Waals surface area contributed by atoms with Crippen LogP contribution in [-0.2, 0) is 4.79 Å². The highest BCUT2D eigenvalue weighted by atomic mass is 16.5. The van der Waals surface area contributed by atoms with Crippen LogP contribution in [0.25, 0.3) is 23.0 Å². The van der Waals surface area contributed by atoms with E-state index in [9.17, 15) is 9.90 Å². The summed E-state index contributed by atoms with van der Waals surface area (Å²) in [5.74, 6) is 1.22. The van der Waals surface area contributed by atoms with Gasteiger partial charge >= 0.3 is 0 Å². The largest absolute Gasteiger partial charge is 0.490 e. The minimum Gasteiger partial charge on any atom is -0.490 e. The van der Waals surface area contributed by atoms with Gasteiger partial charge in [-0.25, -0.2) is 9.97 Å². The molecule has 0 radical (unpaired) electrons. The van der Waals surface area contributed by atoms with Crippen molar-refractivity contribution in [3.8, 4) is 28.7 Å². The van der Waals surface area contributed by atoms with Gasteiger partial charge in [-0.15, -0.1) is 0 Å². The van der Waals surface area contributed by atoms with Crippen molar-refractivity contribution in [3.63, 3.8) is 0 Å². The maximum atomic E-state index is 11.1. The van der Waals surface area contributed by atoms with Gasteiger partial charge in [-0.3, -0.25) is 4.79 Å². The summed E-state index contributed by atoms with van der Waals surface area (Å²) in [6, 6.07) is 5.49. The number of anilines is 1. The maximum Gasteiger partial charge on any atom is 0.277 e. The lowest BCUT2D eigenvalue weighted by molar-refractivity contribution is -0.124. The van der Waals surface area contributed by atoms with E-state index < -0.39 is 18.6 Å². The Labute approximate surface area is 184 Å². The van der Waals surface area contributed by atoms with Crippen LogP contribution in [0.2, 0.25) is 0 Å². The molecule has 170 valence electrons. The minimum absolute atomic E-state index is 0.0139. The molecule has 0 unspecified atom stereocenters. The fourth-order valence-electron chi connectivity index (χ4n) is 3.07. The summed E-state index contributed by atoms with van der Waals surface area (Å²) in [6.45, 7) is 4.95. The van der Waals surface area contributed by atoms with Gasteiger partial charge in [0.25, 0.3) is 5.89 Å². The number of hydrogen-bond acceptors (Lipinski definition) is 10. The van der Waals surface area contributed by atoms with Crippen molar-refractivity contribution >= 4 is 11.9 Å². The Kier molecular flexibility index (Phi) is 7.33. The van der Waals surface area contributed by atoms with E-state index in [0.717, 1.165) is 22.4 Å². The van der Waals surface area contributed by atoms with E-state index in [-0.39, 0.29) is 19.0 Å². The number of nitrogens with one attached hydrogen (secondary N) is 2. The highest BCUT2D eigenvalue weighted by Crippen LogP contribution is 2.30. The Balaban J connectivity index is 1.74. The molecule has 1 aromatic carbocycles. The number of aliphatic hydroxyl groups excluding tert-OH is 2. The van der Waals surface area contributed by atoms with Crippen molar-refractivity contribution < 1.29 is 24.3 Å². The second-order valence-electron chi connectivity index (χ2n) is 7.26. The fraction of sp³-hybridized carbons (Fsp3) is 0.381.